The minimum atomic E-state index is -0.433. The number of carbonyl (C=O) groups is 1. The number of hydrogen-bond acceptors (Lipinski definition) is 4. The van der Waals surface area contributed by atoms with Gasteiger partial charge in [-0.05, 0) is 25.5 Å². The fraction of sp³-hybridized carbons (Fsp3) is 0.438. The summed E-state index contributed by atoms with van der Waals surface area (Å²) < 4.78 is 16.1. The number of benzene rings is 1. The van der Waals surface area contributed by atoms with Crippen LogP contribution < -0.4 is 0 Å². The van der Waals surface area contributed by atoms with Gasteiger partial charge in [-0.25, -0.2) is 4.79 Å². The maximum atomic E-state index is 11.9. The van der Waals surface area contributed by atoms with E-state index >= 15 is 0 Å². The minimum absolute atomic E-state index is 0.0981. The van der Waals surface area contributed by atoms with E-state index in [1.165, 1.54) is 0 Å². The van der Waals surface area contributed by atoms with Crippen LogP contribution in [-0.4, -0.2) is 25.5 Å². The summed E-state index contributed by atoms with van der Waals surface area (Å²) in [7, 11) is 0. The van der Waals surface area contributed by atoms with E-state index in [1.807, 2.05) is 43.3 Å². The summed E-state index contributed by atoms with van der Waals surface area (Å²) in [6, 6.07) is 10.0. The first kappa shape index (κ1) is 14.6. The van der Waals surface area contributed by atoms with Crippen LogP contribution in [0, 0.1) is 0 Å². The molecule has 0 saturated carbocycles. The standard InChI is InChI=1S/C16H20O4/c1-3-18-15-11-13(12-8-6-5-7-9-12)10-14(20-15)16(17)19-4-2/h5-10,13,15H,3-4,11H2,1-2H3/t13-,15+/m1/s1. The first-order valence-electron chi connectivity index (χ1n) is 6.96. The highest BCUT2D eigenvalue weighted by Gasteiger charge is 2.28. The van der Waals surface area contributed by atoms with Crippen molar-refractivity contribution < 1.29 is 19.0 Å². The molecular weight excluding hydrogens is 256 g/mol. The van der Waals surface area contributed by atoms with Gasteiger partial charge in [0.25, 0.3) is 0 Å². The van der Waals surface area contributed by atoms with E-state index in [2.05, 4.69) is 0 Å². The summed E-state index contributed by atoms with van der Waals surface area (Å²) in [6.45, 7) is 4.55. The predicted octanol–water partition coefficient (Wildman–Crippen LogP) is 3.00. The Morgan fingerprint density at radius 3 is 2.65 bits per heavy atom. The highest BCUT2D eigenvalue weighted by molar-refractivity contribution is 5.86. The van der Waals surface area contributed by atoms with E-state index in [-0.39, 0.29) is 11.7 Å². The highest BCUT2D eigenvalue weighted by Crippen LogP contribution is 2.31. The molecule has 0 saturated heterocycles. The maximum Gasteiger partial charge on any atom is 0.373 e. The fourth-order valence-corrected chi connectivity index (χ4v) is 2.23. The smallest absolute Gasteiger partial charge is 0.373 e. The van der Waals surface area contributed by atoms with Gasteiger partial charge < -0.3 is 14.2 Å². The van der Waals surface area contributed by atoms with Crippen LogP contribution in [0.2, 0.25) is 0 Å². The summed E-state index contributed by atoms with van der Waals surface area (Å²) in [5.41, 5.74) is 1.14. The van der Waals surface area contributed by atoms with Gasteiger partial charge in [-0.2, -0.15) is 0 Å². The van der Waals surface area contributed by atoms with Crippen molar-refractivity contribution in [3.63, 3.8) is 0 Å². The van der Waals surface area contributed by atoms with Crippen LogP contribution in [0.15, 0.2) is 42.2 Å². The van der Waals surface area contributed by atoms with Gasteiger partial charge in [-0.1, -0.05) is 30.3 Å². The largest absolute Gasteiger partial charge is 0.460 e. The van der Waals surface area contributed by atoms with E-state index in [4.69, 9.17) is 14.2 Å². The van der Waals surface area contributed by atoms with E-state index in [0.717, 1.165) is 5.56 Å². The number of carbonyl (C=O) groups excluding carboxylic acids is 1. The second-order valence-electron chi connectivity index (χ2n) is 4.51. The lowest BCUT2D eigenvalue weighted by molar-refractivity contribution is -0.160. The second-order valence-corrected chi connectivity index (χ2v) is 4.51. The summed E-state index contributed by atoms with van der Waals surface area (Å²) in [4.78, 5) is 11.9. The van der Waals surface area contributed by atoms with Gasteiger partial charge in [0.15, 0.2) is 0 Å². The van der Waals surface area contributed by atoms with Crippen molar-refractivity contribution in [3.05, 3.63) is 47.7 Å². The number of esters is 1. The van der Waals surface area contributed by atoms with Crippen molar-refractivity contribution in [2.45, 2.75) is 32.5 Å². The molecule has 0 fully saturated rings. The topological polar surface area (TPSA) is 44.8 Å². The zero-order valence-corrected chi connectivity index (χ0v) is 11.9. The number of rotatable bonds is 5. The Kier molecular flexibility index (Phi) is 5.18. The van der Waals surface area contributed by atoms with Gasteiger partial charge in [0.2, 0.25) is 12.0 Å². The van der Waals surface area contributed by atoms with E-state index in [1.54, 1.807) is 6.92 Å². The van der Waals surface area contributed by atoms with Crippen LogP contribution in [0.1, 0.15) is 31.7 Å². The van der Waals surface area contributed by atoms with Crippen LogP contribution in [0.5, 0.6) is 0 Å². The van der Waals surface area contributed by atoms with Crippen LogP contribution in [-0.2, 0) is 19.0 Å². The Balaban J connectivity index is 2.21. The molecular formula is C16H20O4. The molecule has 0 bridgehead atoms. The molecule has 0 aromatic heterocycles. The molecule has 108 valence electrons. The van der Waals surface area contributed by atoms with Gasteiger partial charge in [-0.3, -0.25) is 0 Å². The average Bonchev–Trinajstić information content (AvgIpc) is 2.48. The van der Waals surface area contributed by atoms with Crippen molar-refractivity contribution >= 4 is 5.97 Å². The van der Waals surface area contributed by atoms with Gasteiger partial charge in [0, 0.05) is 18.9 Å². The molecule has 1 aliphatic heterocycles. The van der Waals surface area contributed by atoms with Crippen LogP contribution in [0.4, 0.5) is 0 Å². The third-order valence-corrected chi connectivity index (χ3v) is 3.11. The Bertz CT molecular complexity index is 467. The van der Waals surface area contributed by atoms with Gasteiger partial charge in [-0.15, -0.1) is 0 Å². The molecule has 0 amide bonds. The molecule has 0 N–H and O–H groups in total. The van der Waals surface area contributed by atoms with E-state index in [0.29, 0.717) is 19.6 Å². The number of hydrogen-bond donors (Lipinski definition) is 0. The van der Waals surface area contributed by atoms with Crippen molar-refractivity contribution in [3.8, 4) is 0 Å². The zero-order valence-electron chi connectivity index (χ0n) is 11.9. The molecule has 2 rings (SSSR count). The first-order valence-corrected chi connectivity index (χ1v) is 6.96. The van der Waals surface area contributed by atoms with Gasteiger partial charge >= 0.3 is 5.97 Å². The summed E-state index contributed by atoms with van der Waals surface area (Å²) >= 11 is 0. The van der Waals surface area contributed by atoms with E-state index < -0.39 is 12.3 Å². The molecule has 0 aliphatic carbocycles. The quantitative estimate of drug-likeness (QED) is 0.775. The molecule has 1 heterocycles. The van der Waals surface area contributed by atoms with Crippen LogP contribution in [0.3, 0.4) is 0 Å². The Morgan fingerprint density at radius 1 is 1.25 bits per heavy atom. The van der Waals surface area contributed by atoms with Crippen molar-refractivity contribution in [2.75, 3.05) is 13.2 Å². The SMILES string of the molecule is CCOC(=O)C1=C[C@@H](c2ccccc2)C[C@@H](OCC)O1. The number of ether oxygens (including phenoxy) is 3. The van der Waals surface area contributed by atoms with Crippen LogP contribution >= 0.6 is 0 Å². The third-order valence-electron chi connectivity index (χ3n) is 3.11. The molecule has 0 spiro atoms. The predicted molar refractivity (Wildman–Crippen MR) is 75.0 cm³/mol. The lowest BCUT2D eigenvalue weighted by Gasteiger charge is -2.28. The highest BCUT2D eigenvalue weighted by atomic mass is 16.7. The zero-order chi connectivity index (χ0) is 14.4. The van der Waals surface area contributed by atoms with Crippen molar-refractivity contribution in [1.82, 2.24) is 0 Å². The summed E-state index contributed by atoms with van der Waals surface area (Å²) in [5.74, 6) is -0.0934. The Morgan fingerprint density at radius 2 is 2.00 bits per heavy atom. The number of allylic oxidation sites excluding steroid dienone is 1. The Labute approximate surface area is 119 Å². The molecule has 1 aromatic rings. The molecule has 1 aliphatic rings. The average molecular weight is 276 g/mol. The molecule has 4 heteroatoms. The van der Waals surface area contributed by atoms with Crippen molar-refractivity contribution in [2.24, 2.45) is 0 Å². The third kappa shape index (κ3) is 3.61. The van der Waals surface area contributed by atoms with Crippen molar-refractivity contribution in [1.29, 1.82) is 0 Å². The van der Waals surface area contributed by atoms with Gasteiger partial charge in [0.1, 0.15) is 0 Å². The summed E-state index contributed by atoms with van der Waals surface area (Å²) in [6.07, 6.45) is 2.11. The molecule has 2 atom stereocenters. The Hall–Kier alpha value is -1.81. The van der Waals surface area contributed by atoms with Gasteiger partial charge in [0.05, 0.1) is 6.61 Å². The van der Waals surface area contributed by atoms with E-state index in [9.17, 15) is 4.79 Å². The first-order chi connectivity index (χ1) is 9.74. The molecule has 1 aromatic carbocycles. The summed E-state index contributed by atoms with van der Waals surface area (Å²) in [5, 5.41) is 0. The van der Waals surface area contributed by atoms with Crippen LogP contribution in [0.25, 0.3) is 0 Å². The fourth-order valence-electron chi connectivity index (χ4n) is 2.23. The minimum Gasteiger partial charge on any atom is -0.460 e. The maximum absolute atomic E-state index is 11.9. The normalized spacial score (nSPS) is 21.8. The molecule has 0 unspecified atom stereocenters. The second kappa shape index (κ2) is 7.10. The lowest BCUT2D eigenvalue weighted by atomic mass is 9.93. The molecule has 0 radical (unpaired) electrons. The molecule has 4 nitrogen and oxygen atoms in total. The molecule has 20 heavy (non-hydrogen) atoms. The monoisotopic (exact) mass is 276 g/mol. The lowest BCUT2D eigenvalue weighted by Crippen LogP contribution is -2.27.